The molecule has 0 atom stereocenters. The van der Waals surface area contributed by atoms with Gasteiger partial charge >= 0.3 is 5.97 Å². The fourth-order valence-electron chi connectivity index (χ4n) is 3.01. The molecule has 176 valence electrons. The Labute approximate surface area is 199 Å². The fraction of sp³-hybridized carbons (Fsp3) is 0.364. The number of hydrogen-bond acceptors (Lipinski definition) is 8. The van der Waals surface area contributed by atoms with E-state index < -0.39 is 11.8 Å². The molecule has 1 amide bonds. The van der Waals surface area contributed by atoms with Gasteiger partial charge in [0.05, 0.1) is 17.9 Å². The number of amides is 1. The van der Waals surface area contributed by atoms with E-state index in [0.29, 0.717) is 28.1 Å². The lowest BCUT2D eigenvalue weighted by Gasteiger charge is -2.09. The number of thioether (sulfide) groups is 1. The summed E-state index contributed by atoms with van der Waals surface area (Å²) in [6, 6.07) is 6.14. The van der Waals surface area contributed by atoms with Gasteiger partial charge in [0.1, 0.15) is 11.6 Å². The topological polar surface area (TPSA) is 95.3 Å². The minimum Gasteiger partial charge on any atom is -0.483 e. The van der Waals surface area contributed by atoms with Crippen molar-refractivity contribution >= 4 is 40.0 Å². The molecule has 8 nitrogen and oxygen atoms in total. The minimum atomic E-state index is -0.451. The van der Waals surface area contributed by atoms with Gasteiger partial charge in [-0.05, 0) is 45.4 Å². The Balaban J connectivity index is 1.64. The van der Waals surface area contributed by atoms with E-state index in [0.717, 1.165) is 10.4 Å². The number of anilines is 1. The van der Waals surface area contributed by atoms with Crippen LogP contribution in [0.3, 0.4) is 0 Å². The Bertz CT molecular complexity index is 1150. The summed E-state index contributed by atoms with van der Waals surface area (Å²) in [6.45, 7) is 8.24. The second-order valence-corrected chi connectivity index (χ2v) is 9.07. The van der Waals surface area contributed by atoms with Crippen LogP contribution in [0.2, 0.25) is 0 Å². The molecule has 0 bridgehead atoms. The summed E-state index contributed by atoms with van der Waals surface area (Å²) in [6.07, 6.45) is 0. The predicted molar refractivity (Wildman–Crippen MR) is 126 cm³/mol. The Morgan fingerprint density at radius 1 is 1.21 bits per heavy atom. The van der Waals surface area contributed by atoms with Gasteiger partial charge < -0.3 is 19.4 Å². The molecule has 1 N–H and O–H groups in total. The van der Waals surface area contributed by atoms with E-state index in [4.69, 9.17) is 9.47 Å². The van der Waals surface area contributed by atoms with Crippen LogP contribution in [0.15, 0.2) is 29.4 Å². The number of nitrogens with one attached hydrogen (secondary N) is 1. The molecule has 2 heterocycles. The second-order valence-electron chi connectivity index (χ2n) is 6.91. The number of thiophene rings is 1. The summed E-state index contributed by atoms with van der Waals surface area (Å²) in [7, 11) is 0. The molecular formula is C22H25FN4O4S2. The van der Waals surface area contributed by atoms with Gasteiger partial charge in [0.15, 0.2) is 22.5 Å². The Kier molecular flexibility index (Phi) is 8.45. The van der Waals surface area contributed by atoms with Crippen molar-refractivity contribution in [1.82, 2.24) is 14.8 Å². The fourth-order valence-corrected chi connectivity index (χ4v) is 4.90. The van der Waals surface area contributed by atoms with E-state index >= 15 is 0 Å². The zero-order valence-corrected chi connectivity index (χ0v) is 20.4. The number of benzene rings is 1. The number of ether oxygens (including phenoxy) is 2. The number of esters is 1. The van der Waals surface area contributed by atoms with Crippen molar-refractivity contribution in [3.8, 4) is 5.75 Å². The molecule has 3 rings (SSSR count). The molecule has 0 saturated heterocycles. The molecule has 0 aliphatic carbocycles. The van der Waals surface area contributed by atoms with Crippen LogP contribution in [0.25, 0.3) is 0 Å². The molecule has 0 aliphatic heterocycles. The molecule has 33 heavy (non-hydrogen) atoms. The number of hydrogen-bond donors (Lipinski definition) is 1. The average Bonchev–Trinajstić information content (AvgIpc) is 3.31. The molecule has 0 radical (unpaired) electrons. The Morgan fingerprint density at radius 3 is 2.67 bits per heavy atom. The summed E-state index contributed by atoms with van der Waals surface area (Å²) >= 11 is 2.56. The van der Waals surface area contributed by atoms with Crippen LogP contribution >= 0.6 is 23.1 Å². The second kappa shape index (κ2) is 11.3. The van der Waals surface area contributed by atoms with Crippen LogP contribution in [-0.2, 0) is 22.7 Å². The number of carbonyl (C=O) groups excluding carboxylic acids is 2. The highest BCUT2D eigenvalue weighted by molar-refractivity contribution is 7.99. The van der Waals surface area contributed by atoms with Crippen molar-refractivity contribution in [2.45, 2.75) is 46.0 Å². The van der Waals surface area contributed by atoms with Crippen LogP contribution in [-0.4, -0.2) is 39.0 Å². The molecule has 1 aromatic carbocycles. The van der Waals surface area contributed by atoms with Gasteiger partial charge in [-0.25, -0.2) is 9.18 Å². The maximum Gasteiger partial charge on any atom is 0.341 e. The lowest BCUT2D eigenvalue weighted by atomic mass is 10.1. The average molecular weight is 493 g/mol. The van der Waals surface area contributed by atoms with Crippen LogP contribution < -0.4 is 10.1 Å². The molecule has 0 unspecified atom stereocenters. The first-order valence-electron chi connectivity index (χ1n) is 10.3. The monoisotopic (exact) mass is 492 g/mol. The van der Waals surface area contributed by atoms with E-state index in [2.05, 4.69) is 15.5 Å². The zero-order valence-electron chi connectivity index (χ0n) is 18.8. The van der Waals surface area contributed by atoms with Gasteiger partial charge in [-0.2, -0.15) is 0 Å². The number of rotatable bonds is 10. The van der Waals surface area contributed by atoms with Crippen LogP contribution in [0, 0.1) is 19.7 Å². The van der Waals surface area contributed by atoms with Crippen molar-refractivity contribution in [2.24, 2.45) is 0 Å². The van der Waals surface area contributed by atoms with Gasteiger partial charge in [0, 0.05) is 11.4 Å². The summed E-state index contributed by atoms with van der Waals surface area (Å²) < 4.78 is 26.2. The third-order valence-electron chi connectivity index (χ3n) is 4.75. The molecule has 0 fully saturated rings. The maximum absolute atomic E-state index is 13.8. The van der Waals surface area contributed by atoms with E-state index in [1.54, 1.807) is 25.1 Å². The lowest BCUT2D eigenvalue weighted by Crippen LogP contribution is -2.17. The highest BCUT2D eigenvalue weighted by atomic mass is 32.2. The standard InChI is InChI=1S/C22H25FN4O4S2/c1-5-27-17(11-31-16-10-8-7-9-15(16)23)25-26-22(27)32-12-18(28)24-20-19(21(29)30-6-2)13(3)14(4)33-20/h7-10H,5-6,11-12H2,1-4H3,(H,24,28). The number of aromatic nitrogens is 3. The first-order valence-corrected chi connectivity index (χ1v) is 12.1. The highest BCUT2D eigenvalue weighted by Crippen LogP contribution is 2.33. The first-order chi connectivity index (χ1) is 15.8. The molecule has 2 aromatic heterocycles. The molecule has 0 aliphatic rings. The number of aryl methyl sites for hydroxylation is 1. The molecule has 11 heteroatoms. The van der Waals surface area contributed by atoms with E-state index in [9.17, 15) is 14.0 Å². The van der Waals surface area contributed by atoms with Gasteiger partial charge in [-0.1, -0.05) is 23.9 Å². The van der Waals surface area contributed by atoms with Crippen molar-refractivity contribution in [3.63, 3.8) is 0 Å². The smallest absolute Gasteiger partial charge is 0.341 e. The van der Waals surface area contributed by atoms with Crippen molar-refractivity contribution in [2.75, 3.05) is 17.7 Å². The molecule has 3 aromatic rings. The number of para-hydroxylation sites is 1. The largest absolute Gasteiger partial charge is 0.483 e. The molecule has 0 spiro atoms. The van der Waals surface area contributed by atoms with Crippen molar-refractivity contribution < 1.29 is 23.5 Å². The summed E-state index contributed by atoms with van der Waals surface area (Å²) in [5, 5.41) is 12.1. The van der Waals surface area contributed by atoms with Gasteiger partial charge in [0.25, 0.3) is 0 Å². The summed E-state index contributed by atoms with van der Waals surface area (Å²) in [4.78, 5) is 25.8. The summed E-state index contributed by atoms with van der Waals surface area (Å²) in [5.41, 5.74) is 1.19. The Hall–Kier alpha value is -2.92. The van der Waals surface area contributed by atoms with E-state index in [-0.39, 0.29) is 30.6 Å². The van der Waals surface area contributed by atoms with Crippen molar-refractivity contribution in [3.05, 3.63) is 51.9 Å². The Morgan fingerprint density at radius 2 is 1.97 bits per heavy atom. The third kappa shape index (κ3) is 5.91. The van der Waals surface area contributed by atoms with Crippen LogP contribution in [0.5, 0.6) is 5.75 Å². The molecule has 0 saturated carbocycles. The van der Waals surface area contributed by atoms with Crippen LogP contribution in [0.4, 0.5) is 9.39 Å². The SMILES string of the molecule is CCOC(=O)c1c(NC(=O)CSc2nnc(COc3ccccc3F)n2CC)sc(C)c1C. The van der Waals surface area contributed by atoms with Crippen molar-refractivity contribution in [1.29, 1.82) is 0 Å². The first kappa shape index (κ1) is 24.7. The maximum atomic E-state index is 13.8. The third-order valence-corrected chi connectivity index (χ3v) is 6.84. The lowest BCUT2D eigenvalue weighted by molar-refractivity contribution is -0.113. The van der Waals surface area contributed by atoms with Gasteiger partial charge in [0.2, 0.25) is 5.91 Å². The quantitative estimate of drug-likeness (QED) is 0.326. The summed E-state index contributed by atoms with van der Waals surface area (Å²) in [5.74, 6) is -0.444. The van der Waals surface area contributed by atoms with Gasteiger partial charge in [-0.3, -0.25) is 4.79 Å². The number of halogens is 1. The van der Waals surface area contributed by atoms with Gasteiger partial charge in [-0.15, -0.1) is 21.5 Å². The zero-order chi connectivity index (χ0) is 24.0. The molecular weight excluding hydrogens is 467 g/mol. The number of nitrogens with zero attached hydrogens (tertiary/aromatic N) is 3. The van der Waals surface area contributed by atoms with E-state index in [1.165, 1.54) is 29.2 Å². The highest BCUT2D eigenvalue weighted by Gasteiger charge is 2.22. The minimum absolute atomic E-state index is 0.0468. The van der Waals surface area contributed by atoms with E-state index in [1.807, 2.05) is 25.3 Å². The normalized spacial score (nSPS) is 10.8. The number of carbonyl (C=O) groups is 2. The van der Waals surface area contributed by atoms with Crippen LogP contribution in [0.1, 0.15) is 40.5 Å². The predicted octanol–water partition coefficient (Wildman–Crippen LogP) is 4.60.